The molecule has 0 aromatic carbocycles. The topological polar surface area (TPSA) is 75.0 Å². The number of H-pyrrole nitrogens is 1. The largest absolute Gasteiger partial charge is 0.363 e. The maximum atomic E-state index is 10.6. The number of imidazole rings is 1. The molecule has 1 amide bonds. The van der Waals surface area contributed by atoms with E-state index in [-0.39, 0.29) is 5.82 Å². The third-order valence-electron chi connectivity index (χ3n) is 1.35. The van der Waals surface area contributed by atoms with Crippen LogP contribution < -0.4 is 5.73 Å². The lowest BCUT2D eigenvalue weighted by Gasteiger charge is -2.05. The number of aromatic nitrogens is 2. The van der Waals surface area contributed by atoms with Gasteiger partial charge in [-0.3, -0.25) is 4.79 Å². The van der Waals surface area contributed by atoms with Crippen LogP contribution in [0.2, 0.25) is 0 Å². The maximum Gasteiger partial charge on any atom is 0.284 e. The Morgan fingerprint density at radius 2 is 2.42 bits per heavy atom. The van der Waals surface area contributed by atoms with Crippen LogP contribution in [-0.4, -0.2) is 34.9 Å². The van der Waals surface area contributed by atoms with Gasteiger partial charge < -0.3 is 15.6 Å². The number of hydrogen-bond donors (Lipinski definition) is 2. The molecule has 0 aliphatic carbocycles. The van der Waals surface area contributed by atoms with Crippen LogP contribution in [0.1, 0.15) is 16.3 Å². The van der Waals surface area contributed by atoms with Gasteiger partial charge in [-0.05, 0) is 14.1 Å². The summed E-state index contributed by atoms with van der Waals surface area (Å²) in [7, 11) is 3.87. The van der Waals surface area contributed by atoms with Crippen molar-refractivity contribution < 1.29 is 4.79 Å². The third-order valence-corrected chi connectivity index (χ3v) is 1.35. The summed E-state index contributed by atoms with van der Waals surface area (Å²) in [5.41, 5.74) is 5.89. The summed E-state index contributed by atoms with van der Waals surface area (Å²) in [6, 6.07) is 0. The zero-order chi connectivity index (χ0) is 9.14. The normalized spacial score (nSPS) is 10.6. The predicted molar refractivity (Wildman–Crippen MR) is 44.5 cm³/mol. The molecule has 5 nitrogen and oxygen atoms in total. The number of nitrogens with one attached hydrogen (secondary N) is 1. The van der Waals surface area contributed by atoms with Gasteiger partial charge in [-0.25, -0.2) is 4.98 Å². The van der Waals surface area contributed by atoms with E-state index in [0.717, 1.165) is 12.2 Å². The predicted octanol–water partition coefficient (Wildman–Crippen LogP) is -0.430. The van der Waals surface area contributed by atoms with Gasteiger partial charge in [0.05, 0.1) is 6.20 Å². The number of carbonyl (C=O) groups excluding carboxylic acids is 1. The number of rotatable bonds is 3. The first-order chi connectivity index (χ1) is 5.59. The Hall–Kier alpha value is -1.36. The van der Waals surface area contributed by atoms with Crippen LogP contribution in [0.5, 0.6) is 0 Å². The second kappa shape index (κ2) is 3.36. The van der Waals surface area contributed by atoms with Crippen molar-refractivity contribution in [2.24, 2.45) is 5.73 Å². The molecule has 0 atom stereocenters. The van der Waals surface area contributed by atoms with Crippen LogP contribution in [0, 0.1) is 0 Å². The molecule has 1 heterocycles. The van der Waals surface area contributed by atoms with E-state index < -0.39 is 5.91 Å². The fourth-order valence-corrected chi connectivity index (χ4v) is 0.905. The van der Waals surface area contributed by atoms with Crippen LogP contribution in [0.4, 0.5) is 0 Å². The van der Waals surface area contributed by atoms with Gasteiger partial charge in [-0.2, -0.15) is 0 Å². The molecule has 12 heavy (non-hydrogen) atoms. The first-order valence-electron chi connectivity index (χ1n) is 3.58. The van der Waals surface area contributed by atoms with E-state index in [4.69, 9.17) is 5.73 Å². The number of primary amides is 1. The molecule has 0 aliphatic heterocycles. The molecule has 1 aromatic rings. The first kappa shape index (κ1) is 8.73. The molecule has 66 valence electrons. The van der Waals surface area contributed by atoms with Crippen LogP contribution >= 0.6 is 0 Å². The molecule has 0 spiro atoms. The first-order valence-corrected chi connectivity index (χ1v) is 3.58. The van der Waals surface area contributed by atoms with E-state index in [0.29, 0.717) is 0 Å². The summed E-state index contributed by atoms with van der Waals surface area (Å²) < 4.78 is 0. The Morgan fingerprint density at radius 3 is 2.83 bits per heavy atom. The smallest absolute Gasteiger partial charge is 0.284 e. The quantitative estimate of drug-likeness (QED) is 0.643. The van der Waals surface area contributed by atoms with Crippen molar-refractivity contribution in [3.05, 3.63) is 17.7 Å². The minimum atomic E-state index is -0.528. The number of hydrogen-bond acceptors (Lipinski definition) is 3. The molecule has 0 saturated carbocycles. The number of amides is 1. The molecular formula is C7H12N4O. The van der Waals surface area contributed by atoms with Gasteiger partial charge in [0.15, 0.2) is 5.82 Å². The summed E-state index contributed by atoms with van der Waals surface area (Å²) in [6.07, 6.45) is 1.61. The Bertz CT molecular complexity index is 279. The lowest BCUT2D eigenvalue weighted by molar-refractivity contribution is 0.0991. The molecule has 0 unspecified atom stereocenters. The van der Waals surface area contributed by atoms with E-state index in [1.54, 1.807) is 6.20 Å². The van der Waals surface area contributed by atoms with Gasteiger partial charge in [0.2, 0.25) is 0 Å². The lowest BCUT2D eigenvalue weighted by Crippen LogP contribution is -2.14. The van der Waals surface area contributed by atoms with Crippen LogP contribution in [0.15, 0.2) is 6.20 Å². The summed E-state index contributed by atoms with van der Waals surface area (Å²) >= 11 is 0. The Morgan fingerprint density at radius 1 is 1.75 bits per heavy atom. The highest BCUT2D eigenvalue weighted by molar-refractivity contribution is 5.88. The molecule has 0 saturated heterocycles. The van der Waals surface area contributed by atoms with Crippen molar-refractivity contribution in [3.8, 4) is 0 Å². The van der Waals surface area contributed by atoms with Crippen LogP contribution in [0.25, 0.3) is 0 Å². The number of nitrogens with two attached hydrogens (primary N) is 1. The van der Waals surface area contributed by atoms with Gasteiger partial charge >= 0.3 is 0 Å². The van der Waals surface area contributed by atoms with Gasteiger partial charge in [0.25, 0.3) is 5.91 Å². The average molecular weight is 168 g/mol. The molecule has 1 aromatic heterocycles. The van der Waals surface area contributed by atoms with Crippen molar-refractivity contribution in [2.75, 3.05) is 14.1 Å². The van der Waals surface area contributed by atoms with Gasteiger partial charge in [0, 0.05) is 12.2 Å². The van der Waals surface area contributed by atoms with E-state index in [1.807, 2.05) is 19.0 Å². The van der Waals surface area contributed by atoms with Gasteiger partial charge in [-0.15, -0.1) is 0 Å². The second-order valence-corrected chi connectivity index (χ2v) is 2.86. The second-order valence-electron chi connectivity index (χ2n) is 2.86. The average Bonchev–Trinajstić information content (AvgIpc) is 2.34. The molecular weight excluding hydrogens is 156 g/mol. The standard InChI is InChI=1S/C7H12N4O/c1-11(2)4-5-3-9-7(10-5)6(8)12/h3H,4H2,1-2H3,(H2,8,12)(H,9,10). The number of aromatic amines is 1. The van der Waals surface area contributed by atoms with E-state index >= 15 is 0 Å². The molecule has 0 fully saturated rings. The van der Waals surface area contributed by atoms with Gasteiger partial charge in [0.1, 0.15) is 0 Å². The SMILES string of the molecule is CN(C)Cc1cnc(C(N)=O)[nH]1. The Labute approximate surface area is 70.6 Å². The van der Waals surface area contributed by atoms with E-state index in [1.165, 1.54) is 0 Å². The van der Waals surface area contributed by atoms with Crippen molar-refractivity contribution in [1.82, 2.24) is 14.9 Å². The zero-order valence-electron chi connectivity index (χ0n) is 7.16. The molecule has 5 heteroatoms. The van der Waals surface area contributed by atoms with Crippen molar-refractivity contribution in [2.45, 2.75) is 6.54 Å². The highest BCUT2D eigenvalue weighted by atomic mass is 16.1. The van der Waals surface area contributed by atoms with Gasteiger partial charge in [-0.1, -0.05) is 0 Å². The lowest BCUT2D eigenvalue weighted by atomic mass is 10.4. The molecule has 0 aliphatic rings. The monoisotopic (exact) mass is 168 g/mol. The minimum Gasteiger partial charge on any atom is -0.363 e. The van der Waals surface area contributed by atoms with Crippen molar-refractivity contribution in [3.63, 3.8) is 0 Å². The highest BCUT2D eigenvalue weighted by Crippen LogP contribution is 1.98. The fourth-order valence-electron chi connectivity index (χ4n) is 0.905. The van der Waals surface area contributed by atoms with Crippen molar-refractivity contribution in [1.29, 1.82) is 0 Å². The summed E-state index contributed by atoms with van der Waals surface area (Å²) in [5.74, 6) is -0.313. The fraction of sp³-hybridized carbons (Fsp3) is 0.429. The summed E-state index contributed by atoms with van der Waals surface area (Å²) in [6.45, 7) is 0.722. The molecule has 1 rings (SSSR count). The summed E-state index contributed by atoms with van der Waals surface area (Å²) in [5, 5.41) is 0. The van der Waals surface area contributed by atoms with Crippen molar-refractivity contribution >= 4 is 5.91 Å². The summed E-state index contributed by atoms with van der Waals surface area (Å²) in [4.78, 5) is 19.2. The Kier molecular flexibility index (Phi) is 2.44. The third kappa shape index (κ3) is 2.06. The highest BCUT2D eigenvalue weighted by Gasteiger charge is 2.05. The van der Waals surface area contributed by atoms with Crippen LogP contribution in [-0.2, 0) is 6.54 Å². The number of carbonyl (C=O) groups is 1. The Balaban J connectivity index is 2.71. The zero-order valence-corrected chi connectivity index (χ0v) is 7.16. The molecule has 0 radical (unpaired) electrons. The maximum absolute atomic E-state index is 10.6. The van der Waals surface area contributed by atoms with E-state index in [2.05, 4.69) is 9.97 Å². The minimum absolute atomic E-state index is 0.215. The van der Waals surface area contributed by atoms with Crippen LogP contribution in [0.3, 0.4) is 0 Å². The molecule has 0 bridgehead atoms. The molecule has 3 N–H and O–H groups in total. The van der Waals surface area contributed by atoms with E-state index in [9.17, 15) is 4.79 Å². The number of nitrogens with zero attached hydrogens (tertiary/aromatic N) is 2.